The molecule has 0 saturated heterocycles. The Hall–Kier alpha value is -2.64. The first kappa shape index (κ1) is 17.7. The van der Waals surface area contributed by atoms with Gasteiger partial charge in [0.15, 0.2) is 5.78 Å². The molecule has 1 N–H and O–H groups in total. The van der Waals surface area contributed by atoms with Crippen LogP contribution in [0.2, 0.25) is 0 Å². The van der Waals surface area contributed by atoms with Crippen molar-refractivity contribution in [3.05, 3.63) is 64.7 Å². The first-order chi connectivity index (χ1) is 11.4. The predicted molar refractivity (Wildman–Crippen MR) is 97.3 cm³/mol. The second-order valence-electron chi connectivity index (χ2n) is 6.20. The maximum absolute atomic E-state index is 11.6. The number of nitrogens with zero attached hydrogens (tertiary/aromatic N) is 2. The monoisotopic (exact) mass is 321 g/mol. The van der Waals surface area contributed by atoms with E-state index in [1.54, 1.807) is 18.2 Å². The molecule has 24 heavy (non-hydrogen) atoms. The molecule has 0 amide bonds. The summed E-state index contributed by atoms with van der Waals surface area (Å²) in [6.45, 7) is 4.24. The molecule has 0 spiro atoms. The SMILES string of the molecule is CC(=O)c1ccc(C#N)c(NCC(c2ccc(C)cc2)N(C)C)c1. The molecule has 0 radical (unpaired) electrons. The highest BCUT2D eigenvalue weighted by Crippen LogP contribution is 2.22. The van der Waals surface area contributed by atoms with Crippen LogP contribution < -0.4 is 5.32 Å². The van der Waals surface area contributed by atoms with Crippen LogP contribution in [-0.4, -0.2) is 31.3 Å². The van der Waals surface area contributed by atoms with Crippen molar-refractivity contribution in [1.82, 2.24) is 4.90 Å². The maximum Gasteiger partial charge on any atom is 0.159 e. The van der Waals surface area contributed by atoms with E-state index in [1.165, 1.54) is 18.1 Å². The van der Waals surface area contributed by atoms with Gasteiger partial charge in [-0.15, -0.1) is 0 Å². The van der Waals surface area contributed by atoms with Crippen LogP contribution in [0.3, 0.4) is 0 Å². The zero-order valence-electron chi connectivity index (χ0n) is 14.6. The van der Waals surface area contributed by atoms with E-state index in [2.05, 4.69) is 47.5 Å². The second-order valence-corrected chi connectivity index (χ2v) is 6.20. The van der Waals surface area contributed by atoms with E-state index in [4.69, 9.17) is 0 Å². The fourth-order valence-electron chi connectivity index (χ4n) is 2.60. The fourth-order valence-corrected chi connectivity index (χ4v) is 2.60. The van der Waals surface area contributed by atoms with Crippen LogP contribution in [0.1, 0.15) is 40.0 Å². The highest BCUT2D eigenvalue weighted by molar-refractivity contribution is 5.95. The third kappa shape index (κ3) is 4.21. The number of nitriles is 1. The summed E-state index contributed by atoms with van der Waals surface area (Å²) in [4.78, 5) is 13.7. The standard InChI is InChI=1S/C20H23N3O/c1-14-5-7-16(8-6-14)20(23(3)4)13-22-19-11-17(15(2)24)9-10-18(19)12-21/h5-11,20,22H,13H2,1-4H3. The van der Waals surface area contributed by atoms with Crippen molar-refractivity contribution >= 4 is 11.5 Å². The molecular formula is C20H23N3O. The molecule has 2 aromatic carbocycles. The zero-order chi connectivity index (χ0) is 17.7. The molecule has 0 heterocycles. The van der Waals surface area contributed by atoms with Crippen LogP contribution in [0.4, 0.5) is 5.69 Å². The number of aryl methyl sites for hydroxylation is 1. The number of hydrogen-bond donors (Lipinski definition) is 1. The first-order valence-corrected chi connectivity index (χ1v) is 7.94. The number of ketones is 1. The lowest BCUT2D eigenvalue weighted by molar-refractivity contribution is 0.101. The van der Waals surface area contributed by atoms with Crippen LogP contribution in [0, 0.1) is 18.3 Å². The molecule has 0 fully saturated rings. The number of likely N-dealkylation sites (N-methyl/N-ethyl adjacent to an activating group) is 1. The minimum Gasteiger partial charge on any atom is -0.382 e. The topological polar surface area (TPSA) is 56.1 Å². The van der Waals surface area contributed by atoms with E-state index in [0.29, 0.717) is 23.4 Å². The molecule has 1 atom stereocenters. The summed E-state index contributed by atoms with van der Waals surface area (Å²) in [5, 5.41) is 12.6. The number of rotatable bonds is 6. The molecule has 0 aliphatic heterocycles. The summed E-state index contributed by atoms with van der Waals surface area (Å²) >= 11 is 0. The minimum atomic E-state index is -0.00904. The molecule has 0 aliphatic carbocycles. The number of hydrogen-bond acceptors (Lipinski definition) is 4. The molecule has 0 aliphatic rings. The van der Waals surface area contributed by atoms with Gasteiger partial charge in [-0.2, -0.15) is 5.26 Å². The molecule has 0 aromatic heterocycles. The number of benzene rings is 2. The van der Waals surface area contributed by atoms with Crippen LogP contribution in [0.5, 0.6) is 0 Å². The molecule has 0 saturated carbocycles. The van der Waals surface area contributed by atoms with Gasteiger partial charge in [-0.05, 0) is 51.7 Å². The summed E-state index contributed by atoms with van der Waals surface area (Å²) in [6.07, 6.45) is 0. The number of carbonyl (C=O) groups is 1. The Kier molecular flexibility index (Phi) is 5.73. The predicted octanol–water partition coefficient (Wildman–Crippen LogP) is 3.78. The Morgan fingerprint density at radius 2 is 1.88 bits per heavy atom. The highest BCUT2D eigenvalue weighted by atomic mass is 16.1. The average molecular weight is 321 g/mol. The Labute approximate surface area is 143 Å². The summed E-state index contributed by atoms with van der Waals surface area (Å²) in [5.74, 6) is -0.00904. The van der Waals surface area contributed by atoms with Crippen molar-refractivity contribution < 1.29 is 4.79 Å². The van der Waals surface area contributed by atoms with Gasteiger partial charge in [0.2, 0.25) is 0 Å². The van der Waals surface area contributed by atoms with Crippen molar-refractivity contribution in [2.75, 3.05) is 26.0 Å². The summed E-state index contributed by atoms with van der Waals surface area (Å²) in [6, 6.07) is 15.9. The van der Waals surface area contributed by atoms with Crippen molar-refractivity contribution in [3.63, 3.8) is 0 Å². The van der Waals surface area contributed by atoms with E-state index in [0.717, 1.165) is 0 Å². The van der Waals surface area contributed by atoms with Gasteiger partial charge in [0.25, 0.3) is 0 Å². The second kappa shape index (κ2) is 7.76. The Morgan fingerprint density at radius 1 is 1.21 bits per heavy atom. The van der Waals surface area contributed by atoms with Crippen molar-refractivity contribution in [2.45, 2.75) is 19.9 Å². The number of carbonyl (C=O) groups excluding carboxylic acids is 1. The first-order valence-electron chi connectivity index (χ1n) is 7.94. The summed E-state index contributed by atoms with van der Waals surface area (Å²) < 4.78 is 0. The molecule has 124 valence electrons. The minimum absolute atomic E-state index is 0.00904. The lowest BCUT2D eigenvalue weighted by atomic mass is 10.0. The molecule has 0 bridgehead atoms. The normalized spacial score (nSPS) is 11.8. The van der Waals surface area contributed by atoms with Gasteiger partial charge in [-0.3, -0.25) is 4.79 Å². The third-order valence-electron chi connectivity index (χ3n) is 4.12. The van der Waals surface area contributed by atoms with E-state index in [1.807, 2.05) is 14.1 Å². The van der Waals surface area contributed by atoms with E-state index in [-0.39, 0.29) is 11.8 Å². The van der Waals surface area contributed by atoms with Crippen molar-refractivity contribution in [3.8, 4) is 6.07 Å². The van der Waals surface area contributed by atoms with Crippen LogP contribution in [0.25, 0.3) is 0 Å². The fraction of sp³-hybridized carbons (Fsp3) is 0.300. The number of nitrogens with one attached hydrogen (secondary N) is 1. The van der Waals surface area contributed by atoms with Gasteiger partial charge in [0.1, 0.15) is 6.07 Å². The maximum atomic E-state index is 11.6. The van der Waals surface area contributed by atoms with Crippen LogP contribution in [0.15, 0.2) is 42.5 Å². The van der Waals surface area contributed by atoms with E-state index >= 15 is 0 Å². The summed E-state index contributed by atoms with van der Waals surface area (Å²) in [7, 11) is 4.06. The molecule has 4 nitrogen and oxygen atoms in total. The van der Waals surface area contributed by atoms with Gasteiger partial charge in [-0.25, -0.2) is 0 Å². The Bertz CT molecular complexity index is 757. The number of anilines is 1. The lowest BCUT2D eigenvalue weighted by Gasteiger charge is -2.26. The number of Topliss-reactive ketones (excluding diaryl/α,β-unsaturated/α-hetero) is 1. The Balaban J connectivity index is 2.23. The van der Waals surface area contributed by atoms with Crippen molar-refractivity contribution in [2.24, 2.45) is 0 Å². The van der Waals surface area contributed by atoms with Gasteiger partial charge in [0, 0.05) is 12.1 Å². The molecule has 1 unspecified atom stereocenters. The van der Waals surface area contributed by atoms with Crippen LogP contribution in [-0.2, 0) is 0 Å². The lowest BCUT2D eigenvalue weighted by Crippen LogP contribution is -2.27. The van der Waals surface area contributed by atoms with E-state index < -0.39 is 0 Å². The molecule has 2 rings (SSSR count). The van der Waals surface area contributed by atoms with Gasteiger partial charge < -0.3 is 10.2 Å². The molecular weight excluding hydrogens is 298 g/mol. The van der Waals surface area contributed by atoms with Gasteiger partial charge in [-0.1, -0.05) is 29.8 Å². The van der Waals surface area contributed by atoms with Crippen molar-refractivity contribution in [1.29, 1.82) is 5.26 Å². The highest BCUT2D eigenvalue weighted by Gasteiger charge is 2.15. The molecule has 4 heteroatoms. The molecule has 2 aromatic rings. The quantitative estimate of drug-likeness (QED) is 0.823. The largest absolute Gasteiger partial charge is 0.382 e. The smallest absolute Gasteiger partial charge is 0.159 e. The zero-order valence-corrected chi connectivity index (χ0v) is 14.6. The summed E-state index contributed by atoms with van der Waals surface area (Å²) in [5.41, 5.74) is 4.28. The van der Waals surface area contributed by atoms with Gasteiger partial charge in [0.05, 0.1) is 17.3 Å². The third-order valence-corrected chi connectivity index (χ3v) is 4.12. The van der Waals surface area contributed by atoms with E-state index in [9.17, 15) is 10.1 Å². The van der Waals surface area contributed by atoms with Gasteiger partial charge >= 0.3 is 0 Å². The average Bonchev–Trinajstić information content (AvgIpc) is 2.56. The Morgan fingerprint density at radius 3 is 2.42 bits per heavy atom. The van der Waals surface area contributed by atoms with Crippen LogP contribution >= 0.6 is 0 Å².